The molecule has 0 radical (unpaired) electrons. The van der Waals surface area contributed by atoms with Gasteiger partial charge in [-0.3, -0.25) is 0 Å². The summed E-state index contributed by atoms with van der Waals surface area (Å²) in [5.41, 5.74) is 8.58. The zero-order valence-electron chi connectivity index (χ0n) is 8.66. The lowest BCUT2D eigenvalue weighted by molar-refractivity contribution is 0.411. The van der Waals surface area contributed by atoms with Gasteiger partial charge in [0.1, 0.15) is 11.8 Å². The molecule has 3 nitrogen and oxygen atoms in total. The van der Waals surface area contributed by atoms with E-state index in [1.54, 1.807) is 7.11 Å². The van der Waals surface area contributed by atoms with E-state index in [1.807, 2.05) is 32.0 Å². The van der Waals surface area contributed by atoms with Crippen molar-refractivity contribution in [2.75, 3.05) is 7.11 Å². The minimum Gasteiger partial charge on any atom is -0.496 e. The number of hydrogen-bond acceptors (Lipinski definition) is 3. The maximum atomic E-state index is 8.72. The van der Waals surface area contributed by atoms with E-state index in [2.05, 4.69) is 0 Å². The second kappa shape index (κ2) is 4.12. The van der Waals surface area contributed by atoms with E-state index in [0.29, 0.717) is 0 Å². The van der Waals surface area contributed by atoms with Crippen LogP contribution in [0.5, 0.6) is 5.75 Å². The van der Waals surface area contributed by atoms with E-state index < -0.39 is 6.04 Å². The molecule has 1 rings (SSSR count). The molecule has 0 saturated heterocycles. The predicted molar refractivity (Wildman–Crippen MR) is 55.0 cm³/mol. The number of benzene rings is 1. The van der Waals surface area contributed by atoms with Crippen LogP contribution in [0.15, 0.2) is 12.1 Å². The van der Waals surface area contributed by atoms with Crippen molar-refractivity contribution in [3.63, 3.8) is 0 Å². The topological polar surface area (TPSA) is 59.0 Å². The third-order valence-electron chi connectivity index (χ3n) is 2.47. The highest BCUT2D eigenvalue weighted by atomic mass is 16.5. The third kappa shape index (κ3) is 1.70. The SMILES string of the molecule is COc1ccc(C(N)C#N)c(C)c1C. The molecule has 0 saturated carbocycles. The van der Waals surface area contributed by atoms with Crippen LogP contribution >= 0.6 is 0 Å². The van der Waals surface area contributed by atoms with Crippen molar-refractivity contribution < 1.29 is 4.74 Å². The summed E-state index contributed by atoms with van der Waals surface area (Å²) in [5.74, 6) is 0.830. The molecule has 1 aromatic carbocycles. The highest BCUT2D eigenvalue weighted by Crippen LogP contribution is 2.26. The molecule has 3 heteroatoms. The van der Waals surface area contributed by atoms with Gasteiger partial charge in [-0.15, -0.1) is 0 Å². The number of nitrogens with two attached hydrogens (primary N) is 1. The van der Waals surface area contributed by atoms with E-state index in [4.69, 9.17) is 15.7 Å². The smallest absolute Gasteiger partial charge is 0.122 e. The van der Waals surface area contributed by atoms with Crippen LogP contribution in [0.1, 0.15) is 22.7 Å². The first kappa shape index (κ1) is 10.6. The van der Waals surface area contributed by atoms with Crippen LogP contribution in [0.2, 0.25) is 0 Å². The van der Waals surface area contributed by atoms with E-state index in [1.165, 1.54) is 0 Å². The summed E-state index contributed by atoms with van der Waals surface area (Å²) in [7, 11) is 1.63. The lowest BCUT2D eigenvalue weighted by atomic mass is 9.98. The van der Waals surface area contributed by atoms with Gasteiger partial charge in [-0.2, -0.15) is 5.26 Å². The van der Waals surface area contributed by atoms with Gasteiger partial charge in [-0.25, -0.2) is 0 Å². The Balaban J connectivity index is 3.25. The van der Waals surface area contributed by atoms with Crippen LogP contribution in [-0.2, 0) is 0 Å². The Morgan fingerprint density at radius 3 is 2.50 bits per heavy atom. The average molecular weight is 190 g/mol. The first-order chi connectivity index (χ1) is 6.61. The van der Waals surface area contributed by atoms with E-state index in [-0.39, 0.29) is 0 Å². The molecule has 0 amide bonds. The Labute approximate surface area is 84.1 Å². The highest BCUT2D eigenvalue weighted by Gasteiger charge is 2.11. The van der Waals surface area contributed by atoms with E-state index in [9.17, 15) is 0 Å². The predicted octanol–water partition coefficient (Wildman–Crippen LogP) is 1.84. The molecular weight excluding hydrogens is 176 g/mol. The maximum absolute atomic E-state index is 8.72. The minimum atomic E-state index is -0.556. The summed E-state index contributed by atoms with van der Waals surface area (Å²) in [5, 5.41) is 8.72. The fourth-order valence-corrected chi connectivity index (χ4v) is 1.44. The summed E-state index contributed by atoms with van der Waals surface area (Å²) in [6, 6.07) is 5.15. The lowest BCUT2D eigenvalue weighted by Crippen LogP contribution is -2.10. The molecule has 0 aliphatic carbocycles. The maximum Gasteiger partial charge on any atom is 0.122 e. The van der Waals surface area contributed by atoms with Gasteiger partial charge in [0.25, 0.3) is 0 Å². The van der Waals surface area contributed by atoms with Crippen LogP contribution in [0, 0.1) is 25.2 Å². The molecule has 0 aromatic heterocycles. The molecule has 0 spiro atoms. The van der Waals surface area contributed by atoms with Crippen LogP contribution in [0.4, 0.5) is 0 Å². The van der Waals surface area contributed by atoms with Crippen molar-refractivity contribution in [2.45, 2.75) is 19.9 Å². The van der Waals surface area contributed by atoms with Gasteiger partial charge in [0.05, 0.1) is 13.2 Å². The molecule has 0 heterocycles. The molecule has 74 valence electrons. The van der Waals surface area contributed by atoms with Gasteiger partial charge in [-0.05, 0) is 36.6 Å². The summed E-state index contributed by atoms with van der Waals surface area (Å²) in [6.45, 7) is 3.91. The van der Waals surface area contributed by atoms with Crippen molar-refractivity contribution in [1.29, 1.82) is 5.26 Å². The van der Waals surface area contributed by atoms with Crippen molar-refractivity contribution in [3.8, 4) is 11.8 Å². The van der Waals surface area contributed by atoms with E-state index in [0.717, 1.165) is 22.4 Å². The standard InChI is InChI=1S/C11H14N2O/c1-7-8(2)11(14-3)5-4-9(7)10(13)6-12/h4-5,10H,13H2,1-3H3. The number of nitrogens with zero attached hydrogens (tertiary/aromatic N) is 1. The second-order valence-corrected chi connectivity index (χ2v) is 3.21. The number of methoxy groups -OCH3 is 1. The Kier molecular flexibility index (Phi) is 3.10. The number of hydrogen-bond donors (Lipinski definition) is 1. The Morgan fingerprint density at radius 2 is 2.00 bits per heavy atom. The summed E-state index contributed by atoms with van der Waals surface area (Å²) >= 11 is 0. The molecule has 0 bridgehead atoms. The summed E-state index contributed by atoms with van der Waals surface area (Å²) in [4.78, 5) is 0. The quantitative estimate of drug-likeness (QED) is 0.774. The van der Waals surface area contributed by atoms with Crippen LogP contribution < -0.4 is 10.5 Å². The normalized spacial score (nSPS) is 11.9. The molecule has 0 aliphatic heterocycles. The zero-order chi connectivity index (χ0) is 10.7. The van der Waals surface area contributed by atoms with Crippen molar-refractivity contribution in [2.24, 2.45) is 5.73 Å². The fraction of sp³-hybridized carbons (Fsp3) is 0.364. The van der Waals surface area contributed by atoms with Crippen LogP contribution in [0.25, 0.3) is 0 Å². The molecule has 1 aromatic rings. The van der Waals surface area contributed by atoms with Gasteiger partial charge in [0.2, 0.25) is 0 Å². The molecule has 1 atom stereocenters. The summed E-state index contributed by atoms with van der Waals surface area (Å²) in [6.07, 6.45) is 0. The van der Waals surface area contributed by atoms with Crippen molar-refractivity contribution in [3.05, 3.63) is 28.8 Å². The van der Waals surface area contributed by atoms with Gasteiger partial charge in [0.15, 0.2) is 0 Å². The second-order valence-electron chi connectivity index (χ2n) is 3.21. The molecule has 1 unspecified atom stereocenters. The lowest BCUT2D eigenvalue weighted by Gasteiger charge is -2.13. The number of rotatable bonds is 2. The first-order valence-corrected chi connectivity index (χ1v) is 4.41. The third-order valence-corrected chi connectivity index (χ3v) is 2.47. The monoisotopic (exact) mass is 190 g/mol. The Morgan fingerprint density at radius 1 is 1.36 bits per heavy atom. The van der Waals surface area contributed by atoms with E-state index >= 15 is 0 Å². The highest BCUT2D eigenvalue weighted by molar-refractivity contribution is 5.45. The van der Waals surface area contributed by atoms with Gasteiger partial charge < -0.3 is 10.5 Å². The Bertz CT molecular complexity index is 380. The van der Waals surface area contributed by atoms with Crippen molar-refractivity contribution in [1.82, 2.24) is 0 Å². The molecule has 0 aliphatic rings. The Hall–Kier alpha value is -1.53. The average Bonchev–Trinajstić information content (AvgIpc) is 2.21. The van der Waals surface area contributed by atoms with Gasteiger partial charge >= 0.3 is 0 Å². The van der Waals surface area contributed by atoms with Gasteiger partial charge in [-0.1, -0.05) is 6.07 Å². The number of nitriles is 1. The van der Waals surface area contributed by atoms with Crippen LogP contribution in [-0.4, -0.2) is 7.11 Å². The molecule has 2 N–H and O–H groups in total. The van der Waals surface area contributed by atoms with Crippen molar-refractivity contribution >= 4 is 0 Å². The van der Waals surface area contributed by atoms with Gasteiger partial charge in [0, 0.05) is 0 Å². The van der Waals surface area contributed by atoms with Crippen LogP contribution in [0.3, 0.4) is 0 Å². The largest absolute Gasteiger partial charge is 0.496 e. The number of ether oxygens (including phenoxy) is 1. The molecular formula is C11H14N2O. The molecule has 0 fully saturated rings. The first-order valence-electron chi connectivity index (χ1n) is 4.41. The zero-order valence-corrected chi connectivity index (χ0v) is 8.66. The summed E-state index contributed by atoms with van der Waals surface area (Å²) < 4.78 is 5.17. The fourth-order valence-electron chi connectivity index (χ4n) is 1.44. The minimum absolute atomic E-state index is 0.556. The molecule has 14 heavy (non-hydrogen) atoms.